The summed E-state index contributed by atoms with van der Waals surface area (Å²) >= 11 is 1.24. The van der Waals surface area contributed by atoms with Crippen LogP contribution in [0.15, 0.2) is 24.3 Å². The molecular weight excluding hydrogens is 275 g/mol. The van der Waals surface area contributed by atoms with Gasteiger partial charge in [-0.3, -0.25) is 0 Å². The molecule has 0 radical (unpaired) electrons. The van der Waals surface area contributed by atoms with Crippen LogP contribution < -0.4 is 5.32 Å². The summed E-state index contributed by atoms with van der Waals surface area (Å²) in [7, 11) is 0. The third-order valence-electron chi connectivity index (χ3n) is 2.43. The van der Waals surface area contributed by atoms with Crippen molar-refractivity contribution >= 4 is 22.4 Å². The van der Waals surface area contributed by atoms with Crippen LogP contribution in [0.4, 0.5) is 24.0 Å². The van der Waals surface area contributed by atoms with Crippen LogP contribution in [-0.2, 0) is 6.42 Å². The highest BCUT2D eigenvalue weighted by atomic mass is 32.1. The topological polar surface area (TPSA) is 37.8 Å². The van der Waals surface area contributed by atoms with Gasteiger partial charge in [-0.2, -0.15) is 17.5 Å². The van der Waals surface area contributed by atoms with Gasteiger partial charge in [-0.05, 0) is 31.0 Å². The standard InChI is InChI=1S/C12H12F3N3S/c1-8-16-11(19-18-8)17-10-4-2-9(3-5-10)6-7-12(13,14)15/h2-5H,6-7H2,1H3,(H,16,17,18). The van der Waals surface area contributed by atoms with Gasteiger partial charge in [0, 0.05) is 23.6 Å². The van der Waals surface area contributed by atoms with E-state index in [0.29, 0.717) is 16.5 Å². The summed E-state index contributed by atoms with van der Waals surface area (Å²) < 4.78 is 40.3. The van der Waals surface area contributed by atoms with Crippen molar-refractivity contribution in [2.45, 2.75) is 25.9 Å². The number of alkyl halides is 3. The first-order valence-electron chi connectivity index (χ1n) is 5.65. The normalized spacial score (nSPS) is 11.6. The van der Waals surface area contributed by atoms with Crippen LogP contribution in [0.5, 0.6) is 0 Å². The van der Waals surface area contributed by atoms with Crippen molar-refractivity contribution in [2.75, 3.05) is 5.32 Å². The molecule has 0 aliphatic rings. The third kappa shape index (κ3) is 4.51. The highest BCUT2D eigenvalue weighted by molar-refractivity contribution is 7.09. The molecule has 0 aliphatic carbocycles. The summed E-state index contributed by atoms with van der Waals surface area (Å²) in [5, 5.41) is 3.71. The molecule has 1 heterocycles. The van der Waals surface area contributed by atoms with Gasteiger partial charge in [0.1, 0.15) is 5.82 Å². The van der Waals surface area contributed by atoms with Crippen LogP contribution in [0.25, 0.3) is 0 Å². The second-order valence-corrected chi connectivity index (χ2v) is 4.84. The van der Waals surface area contributed by atoms with Crippen molar-refractivity contribution in [3.63, 3.8) is 0 Å². The summed E-state index contributed by atoms with van der Waals surface area (Å²) in [6.07, 6.45) is -4.90. The monoisotopic (exact) mass is 287 g/mol. The molecule has 0 unspecified atom stereocenters. The average molecular weight is 287 g/mol. The van der Waals surface area contributed by atoms with Crippen LogP contribution >= 0.6 is 11.5 Å². The van der Waals surface area contributed by atoms with Crippen LogP contribution in [0, 0.1) is 6.92 Å². The van der Waals surface area contributed by atoms with E-state index >= 15 is 0 Å². The number of aromatic nitrogens is 2. The van der Waals surface area contributed by atoms with Gasteiger partial charge < -0.3 is 5.32 Å². The third-order valence-corrected chi connectivity index (χ3v) is 3.15. The molecule has 0 saturated carbocycles. The minimum atomic E-state index is -4.11. The number of benzene rings is 1. The van der Waals surface area contributed by atoms with Crippen LogP contribution in [0.3, 0.4) is 0 Å². The lowest BCUT2D eigenvalue weighted by Gasteiger charge is -2.07. The molecule has 1 aromatic carbocycles. The second kappa shape index (κ2) is 5.56. The van der Waals surface area contributed by atoms with Gasteiger partial charge in [-0.15, -0.1) is 0 Å². The Labute approximate surface area is 112 Å². The number of nitrogens with one attached hydrogen (secondary N) is 1. The lowest BCUT2D eigenvalue weighted by molar-refractivity contribution is -0.133. The molecule has 3 nitrogen and oxygen atoms in total. The van der Waals surface area contributed by atoms with E-state index in [1.807, 2.05) is 0 Å². The fourth-order valence-corrected chi connectivity index (χ4v) is 2.11. The number of aryl methyl sites for hydroxylation is 2. The molecule has 2 aromatic rings. The van der Waals surface area contributed by atoms with Crippen molar-refractivity contribution in [3.8, 4) is 0 Å². The second-order valence-electron chi connectivity index (χ2n) is 4.08. The van der Waals surface area contributed by atoms with Gasteiger partial charge in [0.2, 0.25) is 5.13 Å². The summed E-state index contributed by atoms with van der Waals surface area (Å²) in [5.74, 6) is 0.689. The Morgan fingerprint density at radius 2 is 1.89 bits per heavy atom. The molecule has 19 heavy (non-hydrogen) atoms. The summed E-state index contributed by atoms with van der Waals surface area (Å²) in [6, 6.07) is 6.84. The number of hydrogen-bond donors (Lipinski definition) is 1. The van der Waals surface area contributed by atoms with E-state index in [4.69, 9.17) is 0 Å². The maximum atomic E-state index is 12.1. The predicted molar refractivity (Wildman–Crippen MR) is 68.7 cm³/mol. The zero-order valence-electron chi connectivity index (χ0n) is 10.2. The van der Waals surface area contributed by atoms with Crippen LogP contribution in [-0.4, -0.2) is 15.5 Å². The Morgan fingerprint density at radius 1 is 1.21 bits per heavy atom. The molecule has 1 N–H and O–H groups in total. The minimum Gasteiger partial charge on any atom is -0.330 e. The molecule has 0 saturated heterocycles. The van der Waals surface area contributed by atoms with E-state index in [9.17, 15) is 13.2 Å². The van der Waals surface area contributed by atoms with Crippen molar-refractivity contribution in [1.82, 2.24) is 9.36 Å². The van der Waals surface area contributed by atoms with Gasteiger partial charge in [0.15, 0.2) is 0 Å². The molecule has 2 rings (SSSR count). The number of halogens is 3. The summed E-state index contributed by atoms with van der Waals surface area (Å²) in [6.45, 7) is 1.79. The Balaban J connectivity index is 1.95. The predicted octanol–water partition coefficient (Wildman–Crippen LogP) is 4.09. The molecule has 0 fully saturated rings. The molecular formula is C12H12F3N3S. The number of rotatable bonds is 4. The first kappa shape index (κ1) is 13.8. The van der Waals surface area contributed by atoms with Crippen LogP contribution in [0.1, 0.15) is 17.8 Å². The number of hydrogen-bond acceptors (Lipinski definition) is 4. The van der Waals surface area contributed by atoms with E-state index in [1.54, 1.807) is 31.2 Å². The Morgan fingerprint density at radius 3 is 2.42 bits per heavy atom. The maximum Gasteiger partial charge on any atom is 0.389 e. The number of nitrogens with zero attached hydrogens (tertiary/aromatic N) is 2. The summed E-state index contributed by atoms with van der Waals surface area (Å²) in [4.78, 5) is 4.14. The first-order chi connectivity index (χ1) is 8.92. The van der Waals surface area contributed by atoms with E-state index in [-0.39, 0.29) is 6.42 Å². The Hall–Kier alpha value is -1.63. The fraction of sp³-hybridized carbons (Fsp3) is 0.333. The van der Waals surface area contributed by atoms with E-state index in [2.05, 4.69) is 14.7 Å². The minimum absolute atomic E-state index is 0.00168. The fourth-order valence-electron chi connectivity index (χ4n) is 1.51. The smallest absolute Gasteiger partial charge is 0.330 e. The zero-order chi connectivity index (χ0) is 13.9. The first-order valence-corrected chi connectivity index (χ1v) is 6.43. The quantitative estimate of drug-likeness (QED) is 0.920. The van der Waals surface area contributed by atoms with E-state index in [0.717, 1.165) is 5.69 Å². The molecule has 0 bridgehead atoms. The van der Waals surface area contributed by atoms with Gasteiger partial charge in [0.05, 0.1) is 0 Å². The van der Waals surface area contributed by atoms with Gasteiger partial charge in [-0.1, -0.05) is 12.1 Å². The zero-order valence-corrected chi connectivity index (χ0v) is 11.0. The molecule has 7 heteroatoms. The largest absolute Gasteiger partial charge is 0.389 e. The average Bonchev–Trinajstić information content (AvgIpc) is 2.73. The van der Waals surface area contributed by atoms with E-state index in [1.165, 1.54) is 11.5 Å². The Bertz CT molecular complexity index is 534. The Kier molecular flexibility index (Phi) is 4.04. The van der Waals surface area contributed by atoms with Gasteiger partial charge in [-0.25, -0.2) is 4.98 Å². The molecule has 0 aliphatic heterocycles. The van der Waals surface area contributed by atoms with Crippen molar-refractivity contribution in [1.29, 1.82) is 0 Å². The molecule has 1 aromatic heterocycles. The molecule has 0 amide bonds. The van der Waals surface area contributed by atoms with Gasteiger partial charge >= 0.3 is 6.18 Å². The highest BCUT2D eigenvalue weighted by Gasteiger charge is 2.26. The van der Waals surface area contributed by atoms with Crippen molar-refractivity contribution < 1.29 is 13.2 Å². The SMILES string of the molecule is Cc1nsc(Nc2ccc(CCC(F)(F)F)cc2)n1. The summed E-state index contributed by atoms with van der Waals surface area (Å²) in [5.41, 5.74) is 1.45. The lowest BCUT2D eigenvalue weighted by atomic mass is 10.1. The molecule has 102 valence electrons. The van der Waals surface area contributed by atoms with Gasteiger partial charge in [0.25, 0.3) is 0 Å². The van der Waals surface area contributed by atoms with Crippen LogP contribution in [0.2, 0.25) is 0 Å². The van der Waals surface area contributed by atoms with Crippen molar-refractivity contribution in [3.05, 3.63) is 35.7 Å². The lowest BCUT2D eigenvalue weighted by Crippen LogP contribution is -2.08. The molecule has 0 spiro atoms. The van der Waals surface area contributed by atoms with Crippen molar-refractivity contribution in [2.24, 2.45) is 0 Å². The maximum absolute atomic E-state index is 12.1. The molecule has 0 atom stereocenters. The number of anilines is 2. The highest BCUT2D eigenvalue weighted by Crippen LogP contribution is 2.23. The van der Waals surface area contributed by atoms with E-state index < -0.39 is 12.6 Å².